The first-order chi connectivity index (χ1) is 10.4. The van der Waals surface area contributed by atoms with Crippen LogP contribution < -0.4 is 10.9 Å². The van der Waals surface area contributed by atoms with Crippen molar-refractivity contribution in [2.24, 2.45) is 0 Å². The number of para-hydroxylation sites is 2. The van der Waals surface area contributed by atoms with E-state index in [4.69, 9.17) is 0 Å². The van der Waals surface area contributed by atoms with E-state index in [1.54, 1.807) is 24.3 Å². The average molecular weight is 311 g/mol. The van der Waals surface area contributed by atoms with Crippen molar-refractivity contribution in [1.82, 2.24) is 5.43 Å². The van der Waals surface area contributed by atoms with Gasteiger partial charge in [0.1, 0.15) is 5.56 Å². The lowest BCUT2D eigenvalue weighted by molar-refractivity contribution is -0.388. The van der Waals surface area contributed by atoms with Crippen LogP contribution in [0.4, 0.5) is 24.5 Å². The molecule has 0 unspecified atom stereocenters. The summed E-state index contributed by atoms with van der Waals surface area (Å²) < 4.78 is 38.5. The molecule has 0 atom stereocenters. The van der Waals surface area contributed by atoms with Gasteiger partial charge in [-0.2, -0.15) is 13.2 Å². The van der Waals surface area contributed by atoms with Gasteiger partial charge in [-0.1, -0.05) is 30.3 Å². The number of alkyl halides is 3. The van der Waals surface area contributed by atoms with Crippen molar-refractivity contribution >= 4 is 11.4 Å². The summed E-state index contributed by atoms with van der Waals surface area (Å²) in [5.74, 6) is 0. The Morgan fingerprint density at radius 2 is 1.73 bits per heavy atom. The lowest BCUT2D eigenvalue weighted by atomic mass is 10.1. The number of nitro benzene ring substituents is 1. The van der Waals surface area contributed by atoms with Gasteiger partial charge in [0.2, 0.25) is 0 Å². The zero-order valence-corrected chi connectivity index (χ0v) is 11.2. The smallest absolute Gasteiger partial charge is 0.321 e. The molecule has 0 fully saturated rings. The Kier molecular flexibility index (Phi) is 4.62. The maximum Gasteiger partial charge on any atom is 0.423 e. The van der Waals surface area contributed by atoms with Gasteiger partial charge in [0, 0.05) is 17.8 Å². The second kappa shape index (κ2) is 6.44. The van der Waals surface area contributed by atoms with Crippen LogP contribution in [0.15, 0.2) is 48.5 Å². The Morgan fingerprint density at radius 1 is 1.05 bits per heavy atom. The van der Waals surface area contributed by atoms with E-state index >= 15 is 0 Å². The molecule has 2 aromatic carbocycles. The SMILES string of the molecule is O=[N+]([O-])c1c(CNNc2ccccc2)cccc1C(F)(F)F. The predicted octanol–water partition coefficient (Wildman–Crippen LogP) is 3.73. The fourth-order valence-electron chi connectivity index (χ4n) is 1.94. The van der Waals surface area contributed by atoms with Crippen LogP contribution in [0.5, 0.6) is 0 Å². The summed E-state index contributed by atoms with van der Waals surface area (Å²) in [6.07, 6.45) is -4.77. The van der Waals surface area contributed by atoms with Gasteiger partial charge >= 0.3 is 6.18 Å². The first-order valence-corrected chi connectivity index (χ1v) is 6.27. The van der Waals surface area contributed by atoms with Crippen molar-refractivity contribution in [3.63, 3.8) is 0 Å². The van der Waals surface area contributed by atoms with Crippen LogP contribution >= 0.6 is 0 Å². The topological polar surface area (TPSA) is 67.2 Å². The van der Waals surface area contributed by atoms with E-state index in [2.05, 4.69) is 10.9 Å². The summed E-state index contributed by atoms with van der Waals surface area (Å²) in [5.41, 5.74) is 3.89. The van der Waals surface area contributed by atoms with Crippen LogP contribution in [-0.4, -0.2) is 4.92 Å². The summed E-state index contributed by atoms with van der Waals surface area (Å²) in [4.78, 5) is 9.97. The van der Waals surface area contributed by atoms with Gasteiger partial charge in [0.05, 0.1) is 4.92 Å². The third kappa shape index (κ3) is 3.73. The molecule has 22 heavy (non-hydrogen) atoms. The third-order valence-electron chi connectivity index (χ3n) is 2.89. The van der Waals surface area contributed by atoms with Crippen LogP contribution in [0.1, 0.15) is 11.1 Å². The molecule has 0 spiro atoms. The van der Waals surface area contributed by atoms with E-state index < -0.39 is 22.4 Å². The van der Waals surface area contributed by atoms with Crippen LogP contribution in [0.2, 0.25) is 0 Å². The first kappa shape index (κ1) is 15.8. The first-order valence-electron chi connectivity index (χ1n) is 6.27. The fourth-order valence-corrected chi connectivity index (χ4v) is 1.94. The molecule has 0 amide bonds. The molecule has 8 heteroatoms. The second-order valence-electron chi connectivity index (χ2n) is 4.41. The number of benzene rings is 2. The van der Waals surface area contributed by atoms with Gasteiger partial charge in [-0.15, -0.1) is 0 Å². The van der Waals surface area contributed by atoms with Crippen molar-refractivity contribution in [2.75, 3.05) is 5.43 Å². The average Bonchev–Trinajstić information content (AvgIpc) is 2.47. The molecule has 2 N–H and O–H groups in total. The Balaban J connectivity index is 2.19. The number of hydrogen-bond acceptors (Lipinski definition) is 4. The highest BCUT2D eigenvalue weighted by Crippen LogP contribution is 2.37. The number of halogens is 3. The summed E-state index contributed by atoms with van der Waals surface area (Å²) in [7, 11) is 0. The molecule has 2 aromatic rings. The maximum atomic E-state index is 12.8. The van der Waals surface area contributed by atoms with E-state index in [1.165, 1.54) is 6.07 Å². The zero-order chi connectivity index (χ0) is 16.2. The van der Waals surface area contributed by atoms with E-state index in [0.717, 1.165) is 6.07 Å². The van der Waals surface area contributed by atoms with Crippen LogP contribution in [0.25, 0.3) is 0 Å². The van der Waals surface area contributed by atoms with Crippen molar-refractivity contribution in [3.8, 4) is 0 Å². The Bertz CT molecular complexity index is 660. The number of nitrogens with one attached hydrogen (secondary N) is 2. The molecule has 0 bridgehead atoms. The summed E-state index contributed by atoms with van der Waals surface area (Å²) >= 11 is 0. The monoisotopic (exact) mass is 311 g/mol. The minimum Gasteiger partial charge on any atom is -0.321 e. The minimum absolute atomic E-state index is 0.0525. The molecule has 2 rings (SSSR count). The number of hydrogen-bond donors (Lipinski definition) is 2. The second-order valence-corrected chi connectivity index (χ2v) is 4.41. The summed E-state index contributed by atoms with van der Waals surface area (Å²) in [6, 6.07) is 12.0. The number of anilines is 1. The van der Waals surface area contributed by atoms with Crippen LogP contribution in [0, 0.1) is 10.1 Å². The highest BCUT2D eigenvalue weighted by Gasteiger charge is 2.39. The van der Waals surface area contributed by atoms with Crippen molar-refractivity contribution in [3.05, 3.63) is 69.8 Å². The highest BCUT2D eigenvalue weighted by atomic mass is 19.4. The van der Waals surface area contributed by atoms with E-state index in [1.807, 2.05) is 6.07 Å². The van der Waals surface area contributed by atoms with Gasteiger partial charge in [-0.05, 0) is 18.2 Å². The molecule has 0 aliphatic rings. The molecule has 0 aliphatic carbocycles. The standard InChI is InChI=1S/C14H12F3N3O2/c15-14(16,17)12-8-4-5-10(13(12)20(21)22)9-18-19-11-6-2-1-3-7-11/h1-8,18-19H,9H2. The van der Waals surface area contributed by atoms with Gasteiger partial charge in [-0.25, -0.2) is 5.43 Å². The molecule has 116 valence electrons. The summed E-state index contributed by atoms with van der Waals surface area (Å²) in [6.45, 7) is -0.130. The number of nitro groups is 1. The minimum atomic E-state index is -4.77. The van der Waals surface area contributed by atoms with Crippen LogP contribution in [-0.2, 0) is 12.7 Å². The molecule has 5 nitrogen and oxygen atoms in total. The molecule has 0 heterocycles. The van der Waals surface area contributed by atoms with Gasteiger partial charge in [-0.3, -0.25) is 10.1 Å². The third-order valence-corrected chi connectivity index (χ3v) is 2.89. The molecule has 0 aliphatic heterocycles. The van der Waals surface area contributed by atoms with Gasteiger partial charge in [0.25, 0.3) is 5.69 Å². The van der Waals surface area contributed by atoms with Gasteiger partial charge in [0.15, 0.2) is 0 Å². The zero-order valence-electron chi connectivity index (χ0n) is 11.2. The maximum absolute atomic E-state index is 12.8. The Morgan fingerprint density at radius 3 is 2.32 bits per heavy atom. The Hall–Kier alpha value is -2.61. The van der Waals surface area contributed by atoms with Gasteiger partial charge < -0.3 is 5.43 Å². The molecular formula is C14H12F3N3O2. The van der Waals surface area contributed by atoms with Crippen LogP contribution in [0.3, 0.4) is 0 Å². The van der Waals surface area contributed by atoms with E-state index in [9.17, 15) is 23.3 Å². The largest absolute Gasteiger partial charge is 0.423 e. The van der Waals surface area contributed by atoms with Crippen molar-refractivity contribution in [1.29, 1.82) is 0 Å². The quantitative estimate of drug-likeness (QED) is 0.652. The van der Waals surface area contributed by atoms with Crippen molar-refractivity contribution < 1.29 is 18.1 Å². The number of hydrazine groups is 1. The lowest BCUT2D eigenvalue weighted by Crippen LogP contribution is -2.22. The van der Waals surface area contributed by atoms with E-state index in [-0.39, 0.29) is 12.1 Å². The normalized spacial score (nSPS) is 11.2. The van der Waals surface area contributed by atoms with E-state index in [0.29, 0.717) is 11.8 Å². The van der Waals surface area contributed by atoms with Crippen molar-refractivity contribution in [2.45, 2.75) is 12.7 Å². The molecule has 0 radical (unpaired) electrons. The molecule has 0 aromatic heterocycles. The predicted molar refractivity (Wildman–Crippen MR) is 75.0 cm³/mol. The highest BCUT2D eigenvalue weighted by molar-refractivity contribution is 5.49. The number of nitrogens with zero attached hydrogens (tertiary/aromatic N) is 1. The number of rotatable bonds is 5. The Labute approximate surface area is 123 Å². The molecule has 0 saturated heterocycles. The molecule has 0 saturated carbocycles. The lowest BCUT2D eigenvalue weighted by Gasteiger charge is -2.12. The molecular weight excluding hydrogens is 299 g/mol. The fraction of sp³-hybridized carbons (Fsp3) is 0.143. The summed E-state index contributed by atoms with van der Waals surface area (Å²) in [5, 5.41) is 11.0.